The van der Waals surface area contributed by atoms with E-state index in [0.717, 1.165) is 31.1 Å². The molecule has 0 spiro atoms. The number of H-pyrrole nitrogens is 1. The first kappa shape index (κ1) is 24.4. The summed E-state index contributed by atoms with van der Waals surface area (Å²) < 4.78 is 12.6. The third-order valence-corrected chi connectivity index (χ3v) is 7.76. The first-order valence-electron chi connectivity index (χ1n) is 13.2. The van der Waals surface area contributed by atoms with Gasteiger partial charge in [0.25, 0.3) is 11.5 Å². The van der Waals surface area contributed by atoms with E-state index in [0.29, 0.717) is 54.6 Å². The maximum absolute atomic E-state index is 13.5. The molecule has 0 unspecified atom stereocenters. The molecule has 1 saturated heterocycles. The molecule has 0 bridgehead atoms. The average Bonchev–Trinajstić information content (AvgIpc) is 3.67. The van der Waals surface area contributed by atoms with Gasteiger partial charge in [0.2, 0.25) is 0 Å². The van der Waals surface area contributed by atoms with Crippen LogP contribution in [-0.4, -0.2) is 74.2 Å². The number of piperazine rings is 1. The molecule has 3 aromatic heterocycles. The van der Waals surface area contributed by atoms with Crippen LogP contribution in [0, 0.1) is 0 Å². The normalized spacial score (nSPS) is 18.1. The number of hydrogen-bond acceptors (Lipinski definition) is 8. The number of methoxy groups -OCH3 is 1. The van der Waals surface area contributed by atoms with E-state index < -0.39 is 6.04 Å². The summed E-state index contributed by atoms with van der Waals surface area (Å²) in [5.74, 6) is 1.55. The molecule has 6 rings (SSSR count). The lowest BCUT2D eigenvalue weighted by Crippen LogP contribution is -2.51. The van der Waals surface area contributed by atoms with E-state index in [2.05, 4.69) is 25.4 Å². The second kappa shape index (κ2) is 10.4. The standard InChI is InChI=1S/C27H31N7O4/c1-37-20-10-9-18-16-21(26(35)28-22(18)17-20)24(25-29-30-31-34(25)19-6-3-2-4-7-19)32-11-13-33(14-12-32)27(36)23-8-5-15-38-23/h5,8-10,15-17,19,24H,2-4,6-7,11-14H2,1H3,(H,28,35)/t24-/m0/s1. The fourth-order valence-electron chi connectivity index (χ4n) is 5.73. The minimum Gasteiger partial charge on any atom is -0.497 e. The van der Waals surface area contributed by atoms with E-state index >= 15 is 0 Å². The van der Waals surface area contributed by atoms with Crippen molar-refractivity contribution in [2.75, 3.05) is 33.3 Å². The van der Waals surface area contributed by atoms with Gasteiger partial charge in [0, 0.05) is 37.8 Å². The molecular weight excluding hydrogens is 486 g/mol. The molecule has 1 aliphatic heterocycles. The molecule has 11 nitrogen and oxygen atoms in total. The highest BCUT2D eigenvalue weighted by Gasteiger charge is 2.35. The Morgan fingerprint density at radius 3 is 2.66 bits per heavy atom. The number of carbonyl (C=O) groups excluding carboxylic acids is 1. The molecule has 0 radical (unpaired) electrons. The molecule has 1 atom stereocenters. The molecule has 1 aliphatic carbocycles. The number of nitrogens with one attached hydrogen (secondary N) is 1. The van der Waals surface area contributed by atoms with Gasteiger partial charge in [-0.25, -0.2) is 4.68 Å². The van der Waals surface area contributed by atoms with E-state index in [9.17, 15) is 9.59 Å². The van der Waals surface area contributed by atoms with E-state index in [1.807, 2.05) is 28.9 Å². The Morgan fingerprint density at radius 2 is 1.92 bits per heavy atom. The van der Waals surface area contributed by atoms with E-state index in [1.165, 1.54) is 12.7 Å². The van der Waals surface area contributed by atoms with Crippen molar-refractivity contribution in [3.63, 3.8) is 0 Å². The zero-order valence-electron chi connectivity index (χ0n) is 21.4. The van der Waals surface area contributed by atoms with Crippen molar-refractivity contribution in [1.82, 2.24) is 35.0 Å². The van der Waals surface area contributed by atoms with Gasteiger partial charge in [0.15, 0.2) is 11.6 Å². The quantitative estimate of drug-likeness (QED) is 0.414. The van der Waals surface area contributed by atoms with Crippen molar-refractivity contribution >= 4 is 16.8 Å². The molecule has 4 heterocycles. The minimum atomic E-state index is -0.456. The number of amides is 1. The van der Waals surface area contributed by atoms with Crippen LogP contribution in [0.2, 0.25) is 0 Å². The van der Waals surface area contributed by atoms with Crippen LogP contribution in [0.4, 0.5) is 0 Å². The minimum absolute atomic E-state index is 0.129. The zero-order chi connectivity index (χ0) is 26.1. The lowest BCUT2D eigenvalue weighted by atomic mass is 9.95. The van der Waals surface area contributed by atoms with Crippen LogP contribution < -0.4 is 10.3 Å². The Kier molecular flexibility index (Phi) is 6.67. The number of furan rings is 1. The molecule has 1 N–H and O–H groups in total. The highest BCUT2D eigenvalue weighted by molar-refractivity contribution is 5.91. The Balaban J connectivity index is 1.37. The molecule has 38 heavy (non-hydrogen) atoms. The second-order valence-electron chi connectivity index (χ2n) is 9.99. The third kappa shape index (κ3) is 4.58. The van der Waals surface area contributed by atoms with E-state index in [-0.39, 0.29) is 17.5 Å². The van der Waals surface area contributed by atoms with Crippen LogP contribution in [0.25, 0.3) is 10.9 Å². The fraction of sp³-hybridized carbons (Fsp3) is 0.444. The van der Waals surface area contributed by atoms with Crippen LogP contribution in [0.5, 0.6) is 5.75 Å². The number of carbonyl (C=O) groups is 1. The monoisotopic (exact) mass is 517 g/mol. The average molecular weight is 518 g/mol. The molecule has 4 aromatic rings. The van der Waals surface area contributed by atoms with Gasteiger partial charge in [-0.05, 0) is 59.0 Å². The maximum Gasteiger partial charge on any atom is 0.289 e. The molecular formula is C27H31N7O4. The van der Waals surface area contributed by atoms with Crippen LogP contribution >= 0.6 is 0 Å². The highest BCUT2D eigenvalue weighted by atomic mass is 16.5. The van der Waals surface area contributed by atoms with Gasteiger partial charge in [-0.3, -0.25) is 14.5 Å². The summed E-state index contributed by atoms with van der Waals surface area (Å²) in [7, 11) is 1.60. The number of fused-ring (bicyclic) bond motifs is 1. The van der Waals surface area contributed by atoms with Crippen LogP contribution in [0.15, 0.2) is 51.9 Å². The maximum atomic E-state index is 13.5. The summed E-state index contributed by atoms with van der Waals surface area (Å²) in [4.78, 5) is 33.4. The number of benzene rings is 1. The number of pyridine rings is 1. The predicted octanol–water partition coefficient (Wildman–Crippen LogP) is 3.17. The van der Waals surface area contributed by atoms with Crippen molar-refractivity contribution in [3.05, 3.63) is 70.2 Å². The van der Waals surface area contributed by atoms with Gasteiger partial charge in [0.05, 0.1) is 24.9 Å². The van der Waals surface area contributed by atoms with Crippen molar-refractivity contribution in [1.29, 1.82) is 0 Å². The SMILES string of the molecule is COc1ccc2cc([C@@H](c3nnnn3C3CCCCC3)N3CCN(C(=O)c4ccco4)CC3)c(=O)[nH]c2c1. The number of tetrazole rings is 1. The van der Waals surface area contributed by atoms with Crippen molar-refractivity contribution in [2.45, 2.75) is 44.2 Å². The summed E-state index contributed by atoms with van der Waals surface area (Å²) in [5, 5.41) is 13.8. The molecule has 2 fully saturated rings. The number of nitrogens with zero attached hydrogens (tertiary/aromatic N) is 6. The Labute approximate surface area is 219 Å². The molecule has 1 aromatic carbocycles. The van der Waals surface area contributed by atoms with E-state index in [4.69, 9.17) is 9.15 Å². The highest BCUT2D eigenvalue weighted by Crippen LogP contribution is 2.33. The lowest BCUT2D eigenvalue weighted by molar-refractivity contribution is 0.0556. The van der Waals surface area contributed by atoms with Crippen LogP contribution in [-0.2, 0) is 0 Å². The van der Waals surface area contributed by atoms with E-state index in [1.54, 1.807) is 24.1 Å². The number of rotatable bonds is 6. The van der Waals surface area contributed by atoms with Gasteiger partial charge in [-0.1, -0.05) is 19.3 Å². The molecule has 11 heteroatoms. The van der Waals surface area contributed by atoms with Crippen molar-refractivity contribution < 1.29 is 13.9 Å². The third-order valence-electron chi connectivity index (χ3n) is 7.76. The Morgan fingerprint density at radius 1 is 1.11 bits per heavy atom. The van der Waals surface area contributed by atoms with Gasteiger partial charge >= 0.3 is 0 Å². The summed E-state index contributed by atoms with van der Waals surface area (Å²) in [5.41, 5.74) is 1.10. The van der Waals surface area contributed by atoms with Gasteiger partial charge in [-0.15, -0.1) is 5.10 Å². The first-order valence-corrected chi connectivity index (χ1v) is 13.2. The van der Waals surface area contributed by atoms with Crippen LogP contribution in [0.3, 0.4) is 0 Å². The number of hydrogen-bond donors (Lipinski definition) is 1. The summed E-state index contributed by atoms with van der Waals surface area (Å²) >= 11 is 0. The number of ether oxygens (including phenoxy) is 1. The zero-order valence-corrected chi connectivity index (χ0v) is 21.4. The largest absolute Gasteiger partial charge is 0.497 e. The summed E-state index contributed by atoms with van der Waals surface area (Å²) in [6.45, 7) is 2.14. The Hall–Kier alpha value is -3.99. The number of aromatic nitrogens is 5. The van der Waals surface area contributed by atoms with Crippen LogP contribution in [0.1, 0.15) is 66.1 Å². The molecule has 1 amide bonds. The molecule has 2 aliphatic rings. The molecule has 1 saturated carbocycles. The Bertz CT molecular complexity index is 1460. The van der Waals surface area contributed by atoms with Gasteiger partial charge in [0.1, 0.15) is 11.8 Å². The molecule has 198 valence electrons. The second-order valence-corrected chi connectivity index (χ2v) is 9.99. The lowest BCUT2D eigenvalue weighted by Gasteiger charge is -2.38. The van der Waals surface area contributed by atoms with Gasteiger partial charge in [-0.2, -0.15) is 0 Å². The predicted molar refractivity (Wildman–Crippen MR) is 139 cm³/mol. The smallest absolute Gasteiger partial charge is 0.289 e. The summed E-state index contributed by atoms with van der Waals surface area (Å²) in [6.07, 6.45) is 7.04. The topological polar surface area (TPSA) is 122 Å². The van der Waals surface area contributed by atoms with Gasteiger partial charge < -0.3 is 19.0 Å². The number of aromatic amines is 1. The van der Waals surface area contributed by atoms with Crippen molar-refractivity contribution in [2.24, 2.45) is 0 Å². The fourth-order valence-corrected chi connectivity index (χ4v) is 5.73. The van der Waals surface area contributed by atoms with Crippen molar-refractivity contribution in [3.8, 4) is 5.75 Å². The summed E-state index contributed by atoms with van der Waals surface area (Å²) in [6, 6.07) is 10.7. The first-order chi connectivity index (χ1) is 18.6.